The summed E-state index contributed by atoms with van der Waals surface area (Å²) in [5, 5.41) is 0. The number of hydrogen-bond acceptors (Lipinski definition) is 1. The number of methoxy groups -OCH3 is 1. The SMILES string of the molecule is COc1ccc(C2CCC(C3CCC(CC(C)(F)F)CC3)CC2)c(F)c1F. The molecule has 27 heavy (non-hydrogen) atoms. The molecule has 0 heterocycles. The van der Waals surface area contributed by atoms with Crippen molar-refractivity contribution in [1.82, 2.24) is 0 Å². The summed E-state index contributed by atoms with van der Waals surface area (Å²) in [6.07, 6.45) is 7.60. The molecule has 0 amide bonds. The summed E-state index contributed by atoms with van der Waals surface area (Å²) >= 11 is 0. The molecule has 0 aliphatic heterocycles. The first kappa shape index (κ1) is 20.5. The van der Waals surface area contributed by atoms with E-state index < -0.39 is 17.6 Å². The van der Waals surface area contributed by atoms with Crippen molar-refractivity contribution < 1.29 is 22.3 Å². The second-order valence-electron chi connectivity index (χ2n) is 8.65. The molecule has 1 aromatic rings. The molecule has 0 unspecified atom stereocenters. The maximum absolute atomic E-state index is 14.3. The molecule has 0 atom stereocenters. The molecule has 152 valence electrons. The van der Waals surface area contributed by atoms with E-state index >= 15 is 0 Å². The minimum absolute atomic E-state index is 0.00870. The van der Waals surface area contributed by atoms with Crippen LogP contribution in [-0.4, -0.2) is 13.0 Å². The van der Waals surface area contributed by atoms with Crippen LogP contribution < -0.4 is 4.74 Å². The average molecular weight is 386 g/mol. The lowest BCUT2D eigenvalue weighted by molar-refractivity contribution is -0.0130. The van der Waals surface area contributed by atoms with Gasteiger partial charge in [0.15, 0.2) is 11.6 Å². The zero-order chi connectivity index (χ0) is 19.6. The predicted molar refractivity (Wildman–Crippen MR) is 98.3 cm³/mol. The van der Waals surface area contributed by atoms with E-state index in [1.165, 1.54) is 13.2 Å². The lowest BCUT2D eigenvalue weighted by Crippen LogP contribution is -2.27. The van der Waals surface area contributed by atoms with Gasteiger partial charge < -0.3 is 4.74 Å². The van der Waals surface area contributed by atoms with Gasteiger partial charge in [0.25, 0.3) is 0 Å². The van der Waals surface area contributed by atoms with Crippen molar-refractivity contribution >= 4 is 0 Å². The molecule has 0 spiro atoms. The molecule has 2 aliphatic rings. The highest BCUT2D eigenvalue weighted by Gasteiger charge is 2.35. The second kappa shape index (κ2) is 8.40. The third kappa shape index (κ3) is 4.97. The van der Waals surface area contributed by atoms with E-state index in [0.717, 1.165) is 58.3 Å². The van der Waals surface area contributed by atoms with Gasteiger partial charge in [0.1, 0.15) is 0 Å². The van der Waals surface area contributed by atoms with Crippen LogP contribution in [0.2, 0.25) is 0 Å². The molecule has 0 aromatic heterocycles. The van der Waals surface area contributed by atoms with Crippen LogP contribution in [0.25, 0.3) is 0 Å². The van der Waals surface area contributed by atoms with Crippen molar-refractivity contribution in [3.8, 4) is 5.75 Å². The summed E-state index contributed by atoms with van der Waals surface area (Å²) in [5.41, 5.74) is 0.459. The smallest absolute Gasteiger partial charge is 0.245 e. The first-order valence-corrected chi connectivity index (χ1v) is 10.2. The Morgan fingerprint density at radius 2 is 1.44 bits per heavy atom. The highest BCUT2D eigenvalue weighted by molar-refractivity contribution is 5.33. The molecule has 1 aromatic carbocycles. The van der Waals surface area contributed by atoms with Crippen LogP contribution in [0.3, 0.4) is 0 Å². The molecule has 2 saturated carbocycles. The molecule has 5 heteroatoms. The monoisotopic (exact) mass is 386 g/mol. The third-order valence-corrected chi connectivity index (χ3v) is 6.71. The highest BCUT2D eigenvalue weighted by atomic mass is 19.3. The van der Waals surface area contributed by atoms with Crippen LogP contribution >= 0.6 is 0 Å². The van der Waals surface area contributed by atoms with E-state index in [1.807, 2.05) is 0 Å². The normalized spacial score (nSPS) is 29.6. The molecule has 3 rings (SSSR count). The number of hydrogen-bond donors (Lipinski definition) is 0. The Balaban J connectivity index is 1.52. The maximum atomic E-state index is 14.3. The molecule has 0 N–H and O–H groups in total. The minimum atomic E-state index is -2.56. The van der Waals surface area contributed by atoms with Gasteiger partial charge in [0.05, 0.1) is 7.11 Å². The van der Waals surface area contributed by atoms with Gasteiger partial charge in [0, 0.05) is 6.42 Å². The Morgan fingerprint density at radius 1 is 0.889 bits per heavy atom. The van der Waals surface area contributed by atoms with Gasteiger partial charge in [-0.15, -0.1) is 0 Å². The minimum Gasteiger partial charge on any atom is -0.494 e. The number of alkyl halides is 2. The molecule has 0 radical (unpaired) electrons. The molecule has 0 bridgehead atoms. The van der Waals surface area contributed by atoms with Gasteiger partial charge in [-0.1, -0.05) is 6.07 Å². The number of halogens is 4. The van der Waals surface area contributed by atoms with Crippen LogP contribution in [0.5, 0.6) is 5.75 Å². The van der Waals surface area contributed by atoms with Gasteiger partial charge in [-0.2, -0.15) is 4.39 Å². The zero-order valence-electron chi connectivity index (χ0n) is 16.2. The average Bonchev–Trinajstić information content (AvgIpc) is 2.63. The Hall–Kier alpha value is -1.26. The van der Waals surface area contributed by atoms with Crippen molar-refractivity contribution in [3.05, 3.63) is 29.3 Å². The summed E-state index contributed by atoms with van der Waals surface area (Å²) in [7, 11) is 1.33. The molecule has 0 saturated heterocycles. The van der Waals surface area contributed by atoms with Gasteiger partial charge in [0.2, 0.25) is 11.7 Å². The van der Waals surface area contributed by atoms with E-state index in [1.54, 1.807) is 6.07 Å². The van der Waals surface area contributed by atoms with Gasteiger partial charge in [-0.05, 0) is 93.6 Å². The summed E-state index contributed by atoms with van der Waals surface area (Å²) < 4.78 is 59.6. The predicted octanol–water partition coefficient (Wildman–Crippen LogP) is 7.10. The van der Waals surface area contributed by atoms with Crippen LogP contribution in [-0.2, 0) is 0 Å². The van der Waals surface area contributed by atoms with E-state index in [2.05, 4.69) is 0 Å². The number of ether oxygens (including phenoxy) is 1. The summed E-state index contributed by atoms with van der Waals surface area (Å²) in [6.45, 7) is 1.02. The third-order valence-electron chi connectivity index (χ3n) is 6.71. The first-order chi connectivity index (χ1) is 12.8. The fraction of sp³-hybridized carbons (Fsp3) is 0.727. The van der Waals surface area contributed by atoms with Crippen molar-refractivity contribution in [3.63, 3.8) is 0 Å². The van der Waals surface area contributed by atoms with E-state index in [4.69, 9.17) is 4.74 Å². The molecular formula is C22H30F4O. The molecule has 2 aliphatic carbocycles. The Labute approximate surface area is 159 Å². The van der Waals surface area contributed by atoms with E-state index in [0.29, 0.717) is 17.4 Å². The van der Waals surface area contributed by atoms with E-state index in [9.17, 15) is 17.6 Å². The quantitative estimate of drug-likeness (QED) is 0.491. The highest BCUT2D eigenvalue weighted by Crippen LogP contribution is 2.46. The lowest BCUT2D eigenvalue weighted by atomic mass is 9.68. The summed E-state index contributed by atoms with van der Waals surface area (Å²) in [5.74, 6) is -2.90. The fourth-order valence-corrected chi connectivity index (χ4v) is 5.29. The van der Waals surface area contributed by atoms with Crippen LogP contribution in [0.15, 0.2) is 12.1 Å². The Kier molecular flexibility index (Phi) is 6.37. The molecule has 2 fully saturated rings. The zero-order valence-corrected chi connectivity index (χ0v) is 16.2. The largest absolute Gasteiger partial charge is 0.494 e. The van der Waals surface area contributed by atoms with Crippen molar-refractivity contribution in [2.75, 3.05) is 7.11 Å². The topological polar surface area (TPSA) is 9.23 Å². The van der Waals surface area contributed by atoms with E-state index in [-0.39, 0.29) is 24.0 Å². The Morgan fingerprint density at radius 3 is 1.96 bits per heavy atom. The van der Waals surface area contributed by atoms with Gasteiger partial charge in [-0.25, -0.2) is 13.2 Å². The summed E-state index contributed by atoms with van der Waals surface area (Å²) in [4.78, 5) is 0. The van der Waals surface area contributed by atoms with Crippen LogP contribution in [0.4, 0.5) is 17.6 Å². The maximum Gasteiger partial charge on any atom is 0.245 e. The van der Waals surface area contributed by atoms with Gasteiger partial charge in [-0.3, -0.25) is 0 Å². The standard InChI is InChI=1S/C22H30F4O/c1-22(25,26)13-14-3-5-15(6-4-14)16-7-9-17(10-8-16)18-11-12-19(27-2)21(24)20(18)23/h11-12,14-17H,3-10,13H2,1-2H3. The van der Waals surface area contributed by atoms with Gasteiger partial charge >= 0.3 is 0 Å². The van der Waals surface area contributed by atoms with Crippen molar-refractivity contribution in [1.29, 1.82) is 0 Å². The summed E-state index contributed by atoms with van der Waals surface area (Å²) in [6, 6.07) is 3.16. The molecule has 1 nitrogen and oxygen atoms in total. The second-order valence-corrected chi connectivity index (χ2v) is 8.65. The number of benzene rings is 1. The van der Waals surface area contributed by atoms with Crippen molar-refractivity contribution in [2.45, 2.75) is 76.6 Å². The Bertz CT molecular complexity index is 624. The molecular weight excluding hydrogens is 356 g/mol. The lowest BCUT2D eigenvalue weighted by Gasteiger charge is -2.38. The van der Waals surface area contributed by atoms with Crippen LogP contribution in [0, 0.1) is 29.4 Å². The number of rotatable bonds is 5. The van der Waals surface area contributed by atoms with Crippen molar-refractivity contribution in [2.24, 2.45) is 17.8 Å². The first-order valence-electron chi connectivity index (χ1n) is 10.2. The fourth-order valence-electron chi connectivity index (χ4n) is 5.29. The van der Waals surface area contributed by atoms with Crippen LogP contribution in [0.1, 0.15) is 76.2 Å².